The number of carbonyl (C=O) groups excluding carboxylic acids is 1. The van der Waals surface area contributed by atoms with E-state index in [0.29, 0.717) is 17.1 Å². The zero-order valence-corrected chi connectivity index (χ0v) is 16.1. The highest BCUT2D eigenvalue weighted by molar-refractivity contribution is 5.95. The van der Waals surface area contributed by atoms with Gasteiger partial charge >= 0.3 is 6.18 Å². The number of hydrogen-bond acceptors (Lipinski definition) is 3. The number of pyridine rings is 1. The van der Waals surface area contributed by atoms with Crippen molar-refractivity contribution in [2.45, 2.75) is 19.0 Å². The van der Waals surface area contributed by atoms with Crippen molar-refractivity contribution in [3.8, 4) is 0 Å². The summed E-state index contributed by atoms with van der Waals surface area (Å²) in [6, 6.07) is 14.7. The van der Waals surface area contributed by atoms with Gasteiger partial charge in [0.25, 0.3) is 12.3 Å². The second-order valence-corrected chi connectivity index (χ2v) is 6.73. The SMILES string of the molecule is O=C(NCC(F)F)c1cccc(Nc2cc(Cc3cccc(C(F)(F)F)c3)ccn2)c1. The molecule has 0 atom stereocenters. The monoisotopic (exact) mass is 435 g/mol. The molecule has 1 aromatic heterocycles. The van der Waals surface area contributed by atoms with Crippen LogP contribution in [0.25, 0.3) is 0 Å². The normalized spacial score (nSPS) is 11.4. The minimum Gasteiger partial charge on any atom is -0.346 e. The number of nitrogens with one attached hydrogen (secondary N) is 2. The molecule has 2 aromatic carbocycles. The van der Waals surface area contributed by atoms with Gasteiger partial charge in [-0.3, -0.25) is 4.79 Å². The summed E-state index contributed by atoms with van der Waals surface area (Å²) in [5.74, 6) is -0.204. The number of halogens is 5. The van der Waals surface area contributed by atoms with E-state index in [2.05, 4.69) is 15.6 Å². The van der Waals surface area contributed by atoms with Crippen LogP contribution >= 0.6 is 0 Å². The molecule has 0 spiro atoms. The fourth-order valence-corrected chi connectivity index (χ4v) is 2.90. The highest BCUT2D eigenvalue weighted by atomic mass is 19.4. The second kappa shape index (κ2) is 9.55. The Bertz CT molecular complexity index is 1050. The zero-order valence-electron chi connectivity index (χ0n) is 16.1. The molecule has 162 valence electrons. The van der Waals surface area contributed by atoms with Gasteiger partial charge in [-0.1, -0.05) is 24.3 Å². The number of amides is 1. The maximum Gasteiger partial charge on any atom is 0.416 e. The first kappa shape index (κ1) is 22.2. The number of benzene rings is 2. The number of nitrogens with zero attached hydrogens (tertiary/aromatic N) is 1. The minimum absolute atomic E-state index is 0.200. The van der Waals surface area contributed by atoms with Crippen LogP contribution in [0.15, 0.2) is 66.9 Å². The smallest absolute Gasteiger partial charge is 0.346 e. The van der Waals surface area contributed by atoms with Crippen LogP contribution < -0.4 is 10.6 Å². The zero-order chi connectivity index (χ0) is 22.4. The van der Waals surface area contributed by atoms with E-state index >= 15 is 0 Å². The van der Waals surface area contributed by atoms with E-state index in [-0.39, 0.29) is 12.0 Å². The Morgan fingerprint density at radius 3 is 2.45 bits per heavy atom. The molecule has 1 amide bonds. The highest BCUT2D eigenvalue weighted by Crippen LogP contribution is 2.30. The Labute approximate surface area is 175 Å². The maximum atomic E-state index is 12.9. The highest BCUT2D eigenvalue weighted by Gasteiger charge is 2.30. The third kappa shape index (κ3) is 6.50. The van der Waals surface area contributed by atoms with E-state index < -0.39 is 30.6 Å². The van der Waals surface area contributed by atoms with Crippen molar-refractivity contribution in [2.75, 3.05) is 11.9 Å². The fourth-order valence-electron chi connectivity index (χ4n) is 2.90. The van der Waals surface area contributed by atoms with E-state index in [1.807, 2.05) is 0 Å². The summed E-state index contributed by atoms with van der Waals surface area (Å²) in [7, 11) is 0. The number of aromatic nitrogens is 1. The average molecular weight is 435 g/mol. The second-order valence-electron chi connectivity index (χ2n) is 6.73. The molecule has 0 aliphatic carbocycles. The molecule has 0 saturated carbocycles. The third-order valence-electron chi connectivity index (χ3n) is 4.30. The molecule has 0 fully saturated rings. The van der Waals surface area contributed by atoms with Crippen molar-refractivity contribution >= 4 is 17.4 Å². The van der Waals surface area contributed by atoms with Crippen LogP contribution in [-0.2, 0) is 12.6 Å². The molecular weight excluding hydrogens is 417 g/mol. The van der Waals surface area contributed by atoms with Gasteiger partial charge in [0.1, 0.15) is 5.82 Å². The average Bonchev–Trinajstić information content (AvgIpc) is 2.72. The molecule has 0 bridgehead atoms. The summed E-state index contributed by atoms with van der Waals surface area (Å²) < 4.78 is 63.2. The summed E-state index contributed by atoms with van der Waals surface area (Å²) in [5, 5.41) is 5.14. The Kier molecular flexibility index (Phi) is 6.84. The van der Waals surface area contributed by atoms with E-state index in [9.17, 15) is 26.7 Å². The molecule has 1 heterocycles. The Morgan fingerprint density at radius 1 is 0.968 bits per heavy atom. The molecule has 31 heavy (non-hydrogen) atoms. The van der Waals surface area contributed by atoms with E-state index in [0.717, 1.165) is 17.7 Å². The minimum atomic E-state index is -4.41. The molecule has 2 N–H and O–H groups in total. The van der Waals surface area contributed by atoms with Crippen molar-refractivity contribution in [2.24, 2.45) is 0 Å². The quantitative estimate of drug-likeness (QED) is 0.487. The van der Waals surface area contributed by atoms with E-state index in [1.165, 1.54) is 24.4 Å². The van der Waals surface area contributed by atoms with Crippen LogP contribution in [0.5, 0.6) is 0 Å². The summed E-state index contributed by atoms with van der Waals surface area (Å²) in [6.45, 7) is -0.740. The molecular formula is C22H18F5N3O. The van der Waals surface area contributed by atoms with Crippen molar-refractivity contribution < 1.29 is 26.7 Å². The van der Waals surface area contributed by atoms with Crippen molar-refractivity contribution in [1.82, 2.24) is 10.3 Å². The van der Waals surface area contributed by atoms with Gasteiger partial charge in [0, 0.05) is 17.4 Å². The van der Waals surface area contributed by atoms with Gasteiger partial charge in [0.15, 0.2) is 0 Å². The molecule has 3 rings (SSSR count). The number of anilines is 2. The molecule has 9 heteroatoms. The van der Waals surface area contributed by atoms with E-state index in [4.69, 9.17) is 0 Å². The topological polar surface area (TPSA) is 54.0 Å². The molecule has 0 aliphatic rings. The van der Waals surface area contributed by atoms with Crippen LogP contribution in [0.1, 0.15) is 27.0 Å². The lowest BCUT2D eigenvalue weighted by molar-refractivity contribution is -0.137. The van der Waals surface area contributed by atoms with Crippen LogP contribution in [0.2, 0.25) is 0 Å². The molecule has 4 nitrogen and oxygen atoms in total. The van der Waals surface area contributed by atoms with Gasteiger partial charge < -0.3 is 10.6 Å². The number of carbonyl (C=O) groups is 1. The first-order valence-electron chi connectivity index (χ1n) is 9.25. The third-order valence-corrected chi connectivity index (χ3v) is 4.30. The Morgan fingerprint density at radius 2 is 1.71 bits per heavy atom. The summed E-state index contributed by atoms with van der Waals surface area (Å²) in [5.41, 5.74) is 1.24. The Balaban J connectivity index is 1.71. The van der Waals surface area contributed by atoms with E-state index in [1.54, 1.807) is 30.3 Å². The maximum absolute atomic E-state index is 12.9. The van der Waals surface area contributed by atoms with Crippen LogP contribution in [-0.4, -0.2) is 23.9 Å². The molecule has 0 aliphatic heterocycles. The standard InChI is InChI=1S/C22H18F5N3O/c23-19(24)13-29-21(31)16-4-2-6-18(12-16)30-20-11-15(7-8-28-20)9-14-3-1-5-17(10-14)22(25,26)27/h1-8,10-12,19H,9,13H2,(H,28,30)(H,29,31). The number of hydrogen-bond donors (Lipinski definition) is 2. The molecule has 0 saturated heterocycles. The summed E-state index contributed by atoms with van der Waals surface area (Å²) in [4.78, 5) is 16.1. The number of rotatable bonds is 7. The van der Waals surface area contributed by atoms with Gasteiger partial charge in [0.2, 0.25) is 0 Å². The van der Waals surface area contributed by atoms with Crippen LogP contribution in [0, 0.1) is 0 Å². The van der Waals surface area contributed by atoms with Gasteiger partial charge in [-0.15, -0.1) is 0 Å². The first-order valence-corrected chi connectivity index (χ1v) is 9.25. The largest absolute Gasteiger partial charge is 0.416 e. The molecule has 0 unspecified atom stereocenters. The van der Waals surface area contributed by atoms with Gasteiger partial charge in [-0.05, 0) is 53.9 Å². The van der Waals surface area contributed by atoms with Gasteiger partial charge in [0.05, 0.1) is 12.1 Å². The summed E-state index contributed by atoms with van der Waals surface area (Å²) >= 11 is 0. The predicted molar refractivity (Wildman–Crippen MR) is 107 cm³/mol. The lowest BCUT2D eigenvalue weighted by atomic mass is 10.0. The summed E-state index contributed by atoms with van der Waals surface area (Å²) in [6.07, 6.45) is -5.26. The van der Waals surface area contributed by atoms with Crippen molar-refractivity contribution in [1.29, 1.82) is 0 Å². The van der Waals surface area contributed by atoms with Crippen molar-refractivity contribution in [3.63, 3.8) is 0 Å². The van der Waals surface area contributed by atoms with Crippen LogP contribution in [0.4, 0.5) is 33.5 Å². The van der Waals surface area contributed by atoms with Gasteiger partial charge in [-0.2, -0.15) is 13.2 Å². The lowest BCUT2D eigenvalue weighted by Gasteiger charge is -2.11. The number of alkyl halides is 5. The Hall–Kier alpha value is -3.49. The van der Waals surface area contributed by atoms with Crippen molar-refractivity contribution in [3.05, 3.63) is 89.1 Å². The fraction of sp³-hybridized carbons (Fsp3) is 0.182. The first-order chi connectivity index (χ1) is 14.7. The molecule has 0 radical (unpaired) electrons. The van der Waals surface area contributed by atoms with Gasteiger partial charge in [-0.25, -0.2) is 13.8 Å². The predicted octanol–water partition coefficient (Wildman–Crippen LogP) is 5.43. The molecule has 3 aromatic rings. The van der Waals surface area contributed by atoms with Crippen LogP contribution in [0.3, 0.4) is 0 Å². The lowest BCUT2D eigenvalue weighted by Crippen LogP contribution is -2.28.